The monoisotopic (exact) mass is 365 g/mol. The summed E-state index contributed by atoms with van der Waals surface area (Å²) in [5, 5.41) is 9.41. The lowest BCUT2D eigenvalue weighted by Crippen LogP contribution is -2.39. The van der Waals surface area contributed by atoms with Crippen molar-refractivity contribution in [3.05, 3.63) is 29.8 Å². The summed E-state index contributed by atoms with van der Waals surface area (Å²) in [7, 11) is 0. The molecule has 0 radical (unpaired) electrons. The Bertz CT molecular complexity index is 579. The van der Waals surface area contributed by atoms with Crippen molar-refractivity contribution >= 4 is 29.9 Å². The van der Waals surface area contributed by atoms with Crippen LogP contribution in [0.15, 0.2) is 24.3 Å². The normalized spacial score (nSPS) is 24.3. The highest BCUT2D eigenvalue weighted by Gasteiger charge is 2.33. The maximum atomic E-state index is 12.1. The molecule has 1 aromatic carbocycles. The van der Waals surface area contributed by atoms with Crippen LogP contribution in [-0.2, 0) is 16.0 Å². The molecule has 25 heavy (non-hydrogen) atoms. The summed E-state index contributed by atoms with van der Waals surface area (Å²) in [5.74, 6) is 0.651. The minimum Gasteiger partial charge on any atom is -0.356 e. The molecule has 2 heterocycles. The van der Waals surface area contributed by atoms with Crippen molar-refractivity contribution in [1.29, 1.82) is 0 Å². The predicted octanol–water partition coefficient (Wildman–Crippen LogP) is 2.65. The Labute approximate surface area is 155 Å². The molecule has 5 nitrogen and oxygen atoms in total. The minimum absolute atomic E-state index is 0. The van der Waals surface area contributed by atoms with E-state index in [9.17, 15) is 9.59 Å². The van der Waals surface area contributed by atoms with Crippen molar-refractivity contribution in [3.63, 3.8) is 0 Å². The first kappa shape index (κ1) is 19.7. The SMILES string of the molecule is CC(=O)Nc1ccc(CCNC(=O)CC2CC3CCC(C2)N3)cc1.Cl. The molecule has 2 saturated heterocycles. The van der Waals surface area contributed by atoms with Crippen LogP contribution in [0.5, 0.6) is 0 Å². The lowest BCUT2D eigenvalue weighted by Gasteiger charge is -2.28. The van der Waals surface area contributed by atoms with Gasteiger partial charge in [0.1, 0.15) is 0 Å². The number of nitrogens with one attached hydrogen (secondary N) is 3. The number of rotatable bonds is 6. The molecule has 2 atom stereocenters. The zero-order valence-electron chi connectivity index (χ0n) is 14.7. The van der Waals surface area contributed by atoms with Gasteiger partial charge in [-0.2, -0.15) is 0 Å². The third-order valence-corrected chi connectivity index (χ3v) is 5.05. The first-order valence-electron chi connectivity index (χ1n) is 8.98. The summed E-state index contributed by atoms with van der Waals surface area (Å²) in [6.45, 7) is 2.16. The fourth-order valence-electron chi connectivity index (χ4n) is 3.98. The summed E-state index contributed by atoms with van der Waals surface area (Å²) in [5.41, 5.74) is 1.96. The number of carbonyl (C=O) groups is 2. The van der Waals surface area contributed by atoms with E-state index in [1.165, 1.54) is 19.8 Å². The number of hydrogen-bond acceptors (Lipinski definition) is 3. The number of amides is 2. The Morgan fingerprint density at radius 2 is 1.76 bits per heavy atom. The molecular formula is C19H28ClN3O2. The zero-order chi connectivity index (χ0) is 16.9. The molecule has 0 aliphatic carbocycles. The number of anilines is 1. The van der Waals surface area contributed by atoms with Crippen LogP contribution >= 0.6 is 12.4 Å². The van der Waals surface area contributed by atoms with Crippen molar-refractivity contribution in [1.82, 2.24) is 10.6 Å². The molecule has 0 aromatic heterocycles. The second kappa shape index (κ2) is 9.20. The van der Waals surface area contributed by atoms with Crippen LogP contribution in [0.1, 0.15) is 44.6 Å². The van der Waals surface area contributed by atoms with E-state index < -0.39 is 0 Å². The summed E-state index contributed by atoms with van der Waals surface area (Å²) in [4.78, 5) is 23.1. The smallest absolute Gasteiger partial charge is 0.221 e. The zero-order valence-corrected chi connectivity index (χ0v) is 15.5. The van der Waals surface area contributed by atoms with Crippen molar-refractivity contribution in [3.8, 4) is 0 Å². The fourth-order valence-corrected chi connectivity index (χ4v) is 3.98. The van der Waals surface area contributed by atoms with Crippen LogP contribution in [0.4, 0.5) is 5.69 Å². The molecule has 0 saturated carbocycles. The van der Waals surface area contributed by atoms with Crippen LogP contribution in [0.3, 0.4) is 0 Å². The summed E-state index contributed by atoms with van der Waals surface area (Å²) in [6.07, 6.45) is 6.32. The van der Waals surface area contributed by atoms with Gasteiger partial charge in [0.2, 0.25) is 11.8 Å². The number of fused-ring (bicyclic) bond motifs is 2. The average molecular weight is 366 g/mol. The summed E-state index contributed by atoms with van der Waals surface area (Å²) >= 11 is 0. The molecule has 2 amide bonds. The molecule has 6 heteroatoms. The van der Waals surface area contributed by atoms with Crippen molar-refractivity contribution < 1.29 is 9.59 Å². The van der Waals surface area contributed by atoms with E-state index in [1.54, 1.807) is 0 Å². The maximum absolute atomic E-state index is 12.1. The Balaban J connectivity index is 0.00000225. The molecule has 1 aromatic rings. The van der Waals surface area contributed by atoms with Gasteiger partial charge in [-0.05, 0) is 55.7 Å². The van der Waals surface area contributed by atoms with E-state index in [2.05, 4.69) is 16.0 Å². The van der Waals surface area contributed by atoms with Gasteiger partial charge in [-0.1, -0.05) is 12.1 Å². The number of benzene rings is 1. The topological polar surface area (TPSA) is 70.2 Å². The minimum atomic E-state index is -0.0682. The molecule has 0 spiro atoms. The van der Waals surface area contributed by atoms with Gasteiger partial charge in [-0.15, -0.1) is 12.4 Å². The number of piperidine rings is 1. The number of carbonyl (C=O) groups excluding carboxylic acids is 2. The molecule has 2 fully saturated rings. The van der Waals surface area contributed by atoms with Crippen LogP contribution in [-0.4, -0.2) is 30.4 Å². The van der Waals surface area contributed by atoms with E-state index in [1.807, 2.05) is 24.3 Å². The quantitative estimate of drug-likeness (QED) is 0.725. The second-order valence-electron chi connectivity index (χ2n) is 7.16. The number of halogens is 1. The predicted molar refractivity (Wildman–Crippen MR) is 102 cm³/mol. The van der Waals surface area contributed by atoms with E-state index in [0.717, 1.165) is 30.5 Å². The highest BCUT2D eigenvalue weighted by Crippen LogP contribution is 2.32. The first-order chi connectivity index (χ1) is 11.6. The van der Waals surface area contributed by atoms with Gasteiger partial charge in [0.25, 0.3) is 0 Å². The van der Waals surface area contributed by atoms with Gasteiger partial charge in [0.15, 0.2) is 0 Å². The molecular weight excluding hydrogens is 338 g/mol. The van der Waals surface area contributed by atoms with Gasteiger partial charge in [-0.25, -0.2) is 0 Å². The fraction of sp³-hybridized carbons (Fsp3) is 0.579. The van der Waals surface area contributed by atoms with Gasteiger partial charge < -0.3 is 16.0 Å². The van der Waals surface area contributed by atoms with Crippen LogP contribution in [0.25, 0.3) is 0 Å². The summed E-state index contributed by atoms with van der Waals surface area (Å²) < 4.78 is 0. The average Bonchev–Trinajstić information content (AvgIpc) is 2.87. The summed E-state index contributed by atoms with van der Waals surface area (Å²) in [6, 6.07) is 9.05. The van der Waals surface area contributed by atoms with Crippen molar-refractivity contribution in [2.24, 2.45) is 5.92 Å². The lowest BCUT2D eigenvalue weighted by molar-refractivity contribution is -0.122. The van der Waals surface area contributed by atoms with Crippen molar-refractivity contribution in [2.75, 3.05) is 11.9 Å². The Morgan fingerprint density at radius 3 is 2.36 bits per heavy atom. The van der Waals surface area contributed by atoms with Crippen molar-refractivity contribution in [2.45, 2.75) is 57.5 Å². The largest absolute Gasteiger partial charge is 0.356 e. The molecule has 2 unspecified atom stereocenters. The molecule has 2 aliphatic heterocycles. The molecule has 2 aliphatic rings. The lowest BCUT2D eigenvalue weighted by atomic mass is 9.89. The third kappa shape index (κ3) is 6.01. The number of hydrogen-bond donors (Lipinski definition) is 3. The Kier molecular flexibility index (Phi) is 7.26. The highest BCUT2D eigenvalue weighted by atomic mass is 35.5. The highest BCUT2D eigenvalue weighted by molar-refractivity contribution is 5.88. The van der Waals surface area contributed by atoms with Gasteiger partial charge in [-0.3, -0.25) is 9.59 Å². The molecule has 3 rings (SSSR count). The van der Waals surface area contributed by atoms with Crippen LogP contribution < -0.4 is 16.0 Å². The third-order valence-electron chi connectivity index (χ3n) is 5.05. The second-order valence-corrected chi connectivity index (χ2v) is 7.16. The molecule has 3 N–H and O–H groups in total. The van der Waals surface area contributed by atoms with E-state index in [4.69, 9.17) is 0 Å². The van der Waals surface area contributed by atoms with Gasteiger partial charge in [0.05, 0.1) is 0 Å². The maximum Gasteiger partial charge on any atom is 0.221 e. The van der Waals surface area contributed by atoms with Crippen LogP contribution in [0.2, 0.25) is 0 Å². The Morgan fingerprint density at radius 1 is 1.12 bits per heavy atom. The van der Waals surface area contributed by atoms with E-state index in [-0.39, 0.29) is 24.2 Å². The van der Waals surface area contributed by atoms with Gasteiger partial charge >= 0.3 is 0 Å². The van der Waals surface area contributed by atoms with E-state index in [0.29, 0.717) is 31.0 Å². The molecule has 2 bridgehead atoms. The first-order valence-corrected chi connectivity index (χ1v) is 8.98. The van der Waals surface area contributed by atoms with E-state index >= 15 is 0 Å². The van der Waals surface area contributed by atoms with Crippen LogP contribution in [0, 0.1) is 5.92 Å². The molecule has 138 valence electrons. The Hall–Kier alpha value is -1.59. The van der Waals surface area contributed by atoms with Gasteiger partial charge in [0, 0.05) is 37.7 Å². The standard InChI is InChI=1S/C19H27N3O2.ClH/c1-13(23)21-16-4-2-14(3-5-16)8-9-20-19(24)12-15-10-17-6-7-18(11-15)22-17;/h2-5,15,17-18,22H,6-12H2,1H3,(H,20,24)(H,21,23);1H.